The Morgan fingerprint density at radius 1 is 0.920 bits per heavy atom. The lowest BCUT2D eigenvalue weighted by molar-refractivity contribution is 0.0393. The van der Waals surface area contributed by atoms with Crippen molar-refractivity contribution in [1.82, 2.24) is 0 Å². The van der Waals surface area contributed by atoms with Gasteiger partial charge in [-0.25, -0.2) is 9.59 Å². The van der Waals surface area contributed by atoms with Crippen molar-refractivity contribution in [3.63, 3.8) is 0 Å². The van der Waals surface area contributed by atoms with Gasteiger partial charge >= 0.3 is 11.9 Å². The van der Waals surface area contributed by atoms with E-state index in [1.807, 2.05) is 30.3 Å². The molecule has 0 bridgehead atoms. The molecule has 0 amide bonds. The zero-order valence-electron chi connectivity index (χ0n) is 13.6. The minimum atomic E-state index is -0.643. The average Bonchev–Trinajstić information content (AvgIpc) is 3.30. The maximum Gasteiger partial charge on any atom is 0.375 e. The number of hydrogen-bond donors (Lipinski definition) is 0. The highest BCUT2D eigenvalue weighted by Gasteiger charge is 2.21. The van der Waals surface area contributed by atoms with Crippen molar-refractivity contribution >= 4 is 11.9 Å². The van der Waals surface area contributed by atoms with Crippen LogP contribution in [0.2, 0.25) is 0 Å². The maximum atomic E-state index is 12.3. The van der Waals surface area contributed by atoms with Crippen LogP contribution in [0.15, 0.2) is 63.8 Å². The van der Waals surface area contributed by atoms with Crippen molar-refractivity contribution in [3.05, 3.63) is 72.1 Å². The third kappa shape index (κ3) is 3.63. The number of benzene rings is 1. The molecular formula is C19H16O6. The third-order valence-electron chi connectivity index (χ3n) is 3.51. The lowest BCUT2D eigenvalue weighted by atomic mass is 10.1. The highest BCUT2D eigenvalue weighted by molar-refractivity contribution is 5.94. The monoisotopic (exact) mass is 340 g/mol. The number of ether oxygens (including phenoxy) is 2. The van der Waals surface area contributed by atoms with Crippen LogP contribution in [-0.4, -0.2) is 18.5 Å². The molecule has 1 aromatic carbocycles. The number of carbonyl (C=O) groups is 2. The van der Waals surface area contributed by atoms with E-state index in [0.717, 1.165) is 5.56 Å². The first-order valence-corrected chi connectivity index (χ1v) is 7.74. The lowest BCUT2D eigenvalue weighted by Crippen LogP contribution is -2.09. The van der Waals surface area contributed by atoms with Gasteiger partial charge in [-0.3, -0.25) is 0 Å². The molecular weight excluding hydrogens is 324 g/mol. The van der Waals surface area contributed by atoms with Crippen molar-refractivity contribution in [3.8, 4) is 11.1 Å². The van der Waals surface area contributed by atoms with E-state index < -0.39 is 11.9 Å². The normalized spacial score (nSPS) is 10.4. The van der Waals surface area contributed by atoms with E-state index in [-0.39, 0.29) is 30.3 Å². The summed E-state index contributed by atoms with van der Waals surface area (Å²) in [6.07, 6.45) is 2.77. The predicted molar refractivity (Wildman–Crippen MR) is 87.9 cm³/mol. The molecule has 0 aliphatic heterocycles. The Morgan fingerprint density at radius 3 is 2.44 bits per heavy atom. The Bertz CT molecular complexity index is 859. The van der Waals surface area contributed by atoms with Gasteiger partial charge in [-0.15, -0.1) is 0 Å². The van der Waals surface area contributed by atoms with E-state index in [4.69, 9.17) is 18.3 Å². The Kier molecular flexibility index (Phi) is 4.99. The Balaban J connectivity index is 1.72. The molecule has 0 atom stereocenters. The van der Waals surface area contributed by atoms with E-state index in [1.54, 1.807) is 13.0 Å². The third-order valence-corrected chi connectivity index (χ3v) is 3.51. The molecule has 0 aliphatic carbocycles. The largest absolute Gasteiger partial charge is 0.465 e. The number of rotatable bonds is 6. The highest BCUT2D eigenvalue weighted by atomic mass is 16.6. The van der Waals surface area contributed by atoms with Gasteiger partial charge in [0.1, 0.15) is 5.56 Å². The first-order chi connectivity index (χ1) is 12.2. The highest BCUT2D eigenvalue weighted by Crippen LogP contribution is 2.25. The number of furan rings is 2. The van der Waals surface area contributed by atoms with Crippen LogP contribution < -0.4 is 0 Å². The summed E-state index contributed by atoms with van der Waals surface area (Å²) in [7, 11) is 0. The molecule has 0 saturated carbocycles. The van der Waals surface area contributed by atoms with E-state index in [0.29, 0.717) is 5.56 Å². The molecule has 0 unspecified atom stereocenters. The van der Waals surface area contributed by atoms with Gasteiger partial charge in [0.25, 0.3) is 0 Å². The Hall–Kier alpha value is -3.28. The van der Waals surface area contributed by atoms with Gasteiger partial charge in [0.05, 0.1) is 19.1 Å². The van der Waals surface area contributed by atoms with Crippen LogP contribution in [0.1, 0.15) is 33.6 Å². The second-order valence-electron chi connectivity index (χ2n) is 5.08. The summed E-state index contributed by atoms with van der Waals surface area (Å²) in [6.45, 7) is 1.75. The van der Waals surface area contributed by atoms with Gasteiger partial charge in [-0.2, -0.15) is 0 Å². The van der Waals surface area contributed by atoms with E-state index >= 15 is 0 Å². The first kappa shape index (κ1) is 16.6. The minimum Gasteiger partial charge on any atom is -0.465 e. The van der Waals surface area contributed by atoms with Crippen molar-refractivity contribution in [1.29, 1.82) is 0 Å². The number of esters is 2. The van der Waals surface area contributed by atoms with Gasteiger partial charge in [-0.05, 0) is 24.6 Å². The van der Waals surface area contributed by atoms with Gasteiger partial charge in [0.2, 0.25) is 5.76 Å². The summed E-state index contributed by atoms with van der Waals surface area (Å²) in [5, 5.41) is 0. The van der Waals surface area contributed by atoms with E-state index in [2.05, 4.69) is 0 Å². The van der Waals surface area contributed by atoms with Gasteiger partial charge < -0.3 is 18.3 Å². The number of hydrogen-bond acceptors (Lipinski definition) is 6. The van der Waals surface area contributed by atoms with Crippen molar-refractivity contribution in [2.45, 2.75) is 13.5 Å². The summed E-state index contributed by atoms with van der Waals surface area (Å²) in [5.74, 6) is -0.851. The molecule has 0 N–H and O–H groups in total. The van der Waals surface area contributed by atoms with Crippen LogP contribution in [0, 0.1) is 0 Å². The van der Waals surface area contributed by atoms with Crippen molar-refractivity contribution < 1.29 is 27.9 Å². The summed E-state index contributed by atoms with van der Waals surface area (Å²) in [4.78, 5) is 24.1. The molecule has 2 aromatic heterocycles. The fourth-order valence-electron chi connectivity index (χ4n) is 2.35. The fraction of sp³-hybridized carbons (Fsp3) is 0.158. The second-order valence-corrected chi connectivity index (χ2v) is 5.08. The maximum absolute atomic E-state index is 12.3. The van der Waals surface area contributed by atoms with Crippen LogP contribution in [-0.2, 0) is 16.1 Å². The van der Waals surface area contributed by atoms with Crippen LogP contribution in [0.4, 0.5) is 0 Å². The van der Waals surface area contributed by atoms with Crippen molar-refractivity contribution in [2.24, 2.45) is 0 Å². The van der Waals surface area contributed by atoms with Crippen LogP contribution in [0.3, 0.4) is 0 Å². The minimum absolute atomic E-state index is 0.0930. The molecule has 3 aromatic rings. The SMILES string of the molecule is CCOC(=O)c1ccoc1COC(=O)c1occc1-c1ccccc1. The molecule has 0 aliphatic rings. The zero-order chi connectivity index (χ0) is 17.6. The zero-order valence-corrected chi connectivity index (χ0v) is 13.6. The van der Waals surface area contributed by atoms with Gasteiger partial charge in [0.15, 0.2) is 12.4 Å². The molecule has 6 heteroatoms. The summed E-state index contributed by atoms with van der Waals surface area (Å²) < 4.78 is 20.6. The molecule has 0 radical (unpaired) electrons. The lowest BCUT2D eigenvalue weighted by Gasteiger charge is -2.05. The summed E-state index contributed by atoms with van der Waals surface area (Å²) >= 11 is 0. The quantitative estimate of drug-likeness (QED) is 0.629. The molecule has 25 heavy (non-hydrogen) atoms. The van der Waals surface area contributed by atoms with Gasteiger partial charge in [0, 0.05) is 5.56 Å². The molecule has 0 saturated heterocycles. The van der Waals surface area contributed by atoms with Gasteiger partial charge in [-0.1, -0.05) is 30.3 Å². The van der Waals surface area contributed by atoms with E-state index in [1.165, 1.54) is 18.6 Å². The van der Waals surface area contributed by atoms with Crippen LogP contribution >= 0.6 is 0 Å². The first-order valence-electron chi connectivity index (χ1n) is 7.74. The molecule has 3 rings (SSSR count). The Labute approximate surface area is 144 Å². The molecule has 6 nitrogen and oxygen atoms in total. The topological polar surface area (TPSA) is 78.9 Å². The predicted octanol–water partition coefficient (Wildman–Crippen LogP) is 4.07. The smallest absolute Gasteiger partial charge is 0.375 e. The summed E-state index contributed by atoms with van der Waals surface area (Å²) in [6, 6.07) is 12.5. The second kappa shape index (κ2) is 7.53. The van der Waals surface area contributed by atoms with Crippen molar-refractivity contribution in [2.75, 3.05) is 6.61 Å². The molecule has 2 heterocycles. The summed E-state index contributed by atoms with van der Waals surface area (Å²) in [5.41, 5.74) is 1.71. The van der Waals surface area contributed by atoms with Crippen LogP contribution in [0.25, 0.3) is 11.1 Å². The number of carbonyl (C=O) groups excluding carboxylic acids is 2. The molecule has 128 valence electrons. The van der Waals surface area contributed by atoms with E-state index in [9.17, 15) is 9.59 Å². The Morgan fingerprint density at radius 2 is 1.68 bits per heavy atom. The van der Waals surface area contributed by atoms with Crippen LogP contribution in [0.5, 0.6) is 0 Å². The molecule has 0 fully saturated rings. The standard InChI is InChI=1S/C19H16O6/c1-2-22-18(20)15-9-10-23-16(15)12-25-19(21)17-14(8-11-24-17)13-6-4-3-5-7-13/h3-11H,2,12H2,1H3. The molecule has 0 spiro atoms. The fourth-order valence-corrected chi connectivity index (χ4v) is 2.35. The average molecular weight is 340 g/mol.